The number of hydrogen-bond acceptors (Lipinski definition) is 2. The molecular formula is C16H19NO2. The van der Waals surface area contributed by atoms with Crippen LogP contribution in [0.25, 0.3) is 0 Å². The summed E-state index contributed by atoms with van der Waals surface area (Å²) in [5.74, 6) is 5.79. The first-order chi connectivity index (χ1) is 9.29. The molecule has 1 aliphatic rings. The maximum atomic E-state index is 11.9. The molecule has 0 spiro atoms. The van der Waals surface area contributed by atoms with E-state index in [0.717, 1.165) is 36.9 Å². The number of benzene rings is 1. The third kappa shape index (κ3) is 4.11. The van der Waals surface area contributed by atoms with Gasteiger partial charge in [-0.05, 0) is 30.5 Å². The van der Waals surface area contributed by atoms with Crippen molar-refractivity contribution in [2.75, 3.05) is 13.2 Å². The van der Waals surface area contributed by atoms with Gasteiger partial charge in [0.15, 0.2) is 0 Å². The van der Waals surface area contributed by atoms with E-state index in [9.17, 15) is 4.79 Å². The smallest absolute Gasteiger partial charge is 0.222 e. The van der Waals surface area contributed by atoms with E-state index in [4.69, 9.17) is 5.11 Å². The molecule has 2 rings (SSSR count). The van der Waals surface area contributed by atoms with Gasteiger partial charge in [0.1, 0.15) is 6.61 Å². The molecule has 0 radical (unpaired) electrons. The minimum absolute atomic E-state index is 0.130. The van der Waals surface area contributed by atoms with E-state index in [1.807, 2.05) is 29.2 Å². The van der Waals surface area contributed by atoms with Gasteiger partial charge in [-0.1, -0.05) is 30.4 Å². The maximum absolute atomic E-state index is 11.9. The van der Waals surface area contributed by atoms with Crippen LogP contribution in [0.4, 0.5) is 0 Å². The van der Waals surface area contributed by atoms with Crippen molar-refractivity contribution in [3.8, 4) is 11.8 Å². The van der Waals surface area contributed by atoms with Crippen molar-refractivity contribution < 1.29 is 9.90 Å². The van der Waals surface area contributed by atoms with Gasteiger partial charge in [0.2, 0.25) is 5.91 Å². The van der Waals surface area contributed by atoms with Gasteiger partial charge in [-0.25, -0.2) is 0 Å². The Morgan fingerprint density at radius 3 is 3.00 bits per heavy atom. The lowest BCUT2D eigenvalue weighted by atomic mass is 10.1. The van der Waals surface area contributed by atoms with Gasteiger partial charge in [0.05, 0.1) is 0 Å². The minimum atomic E-state index is -0.130. The van der Waals surface area contributed by atoms with Crippen LogP contribution in [0.5, 0.6) is 0 Å². The first-order valence-electron chi connectivity index (χ1n) is 6.76. The van der Waals surface area contributed by atoms with Crippen LogP contribution >= 0.6 is 0 Å². The number of carbonyl (C=O) groups excluding carboxylic acids is 1. The van der Waals surface area contributed by atoms with Crippen LogP contribution in [-0.4, -0.2) is 29.1 Å². The van der Waals surface area contributed by atoms with Gasteiger partial charge in [-0.3, -0.25) is 4.79 Å². The molecular weight excluding hydrogens is 238 g/mol. The molecule has 1 fully saturated rings. The Kier molecular flexibility index (Phi) is 5.00. The Morgan fingerprint density at radius 1 is 1.26 bits per heavy atom. The minimum Gasteiger partial charge on any atom is -0.384 e. The topological polar surface area (TPSA) is 40.5 Å². The summed E-state index contributed by atoms with van der Waals surface area (Å²) in [7, 11) is 0. The summed E-state index contributed by atoms with van der Waals surface area (Å²) in [5, 5.41) is 8.70. The number of aliphatic hydroxyl groups excluding tert-OH is 1. The molecule has 0 saturated carbocycles. The molecule has 0 aliphatic carbocycles. The van der Waals surface area contributed by atoms with Crippen LogP contribution in [0.15, 0.2) is 24.3 Å². The van der Waals surface area contributed by atoms with Crippen molar-refractivity contribution in [1.29, 1.82) is 0 Å². The summed E-state index contributed by atoms with van der Waals surface area (Å²) in [5.41, 5.74) is 1.98. The summed E-state index contributed by atoms with van der Waals surface area (Å²) in [6.45, 7) is 1.38. The lowest BCUT2D eigenvalue weighted by Crippen LogP contribution is -2.29. The third-order valence-electron chi connectivity index (χ3n) is 3.28. The first kappa shape index (κ1) is 13.6. The maximum Gasteiger partial charge on any atom is 0.222 e. The molecule has 3 heteroatoms. The second kappa shape index (κ2) is 6.96. The van der Waals surface area contributed by atoms with Crippen molar-refractivity contribution >= 4 is 5.91 Å². The highest BCUT2D eigenvalue weighted by molar-refractivity contribution is 5.76. The zero-order valence-corrected chi connectivity index (χ0v) is 11.1. The van der Waals surface area contributed by atoms with E-state index in [1.165, 1.54) is 0 Å². The average Bonchev–Trinajstić information content (AvgIpc) is 2.62. The Morgan fingerprint density at radius 2 is 2.16 bits per heavy atom. The van der Waals surface area contributed by atoms with Gasteiger partial charge in [0.25, 0.3) is 0 Å². The monoisotopic (exact) mass is 257 g/mol. The van der Waals surface area contributed by atoms with Gasteiger partial charge in [-0.15, -0.1) is 0 Å². The van der Waals surface area contributed by atoms with Crippen LogP contribution < -0.4 is 0 Å². The summed E-state index contributed by atoms with van der Waals surface area (Å²) in [4.78, 5) is 13.9. The molecule has 1 aliphatic heterocycles. The number of likely N-dealkylation sites (tertiary alicyclic amines) is 1. The quantitative estimate of drug-likeness (QED) is 0.822. The molecule has 100 valence electrons. The number of hydrogen-bond donors (Lipinski definition) is 1. The number of aliphatic hydroxyl groups is 1. The van der Waals surface area contributed by atoms with Gasteiger partial charge < -0.3 is 10.0 Å². The Labute approximate surface area is 114 Å². The zero-order chi connectivity index (χ0) is 13.5. The van der Waals surface area contributed by atoms with Crippen LogP contribution in [0.1, 0.15) is 36.8 Å². The molecule has 1 aromatic rings. The fourth-order valence-electron chi connectivity index (χ4n) is 2.32. The number of nitrogens with zero attached hydrogens (tertiary/aromatic N) is 1. The second-order valence-corrected chi connectivity index (χ2v) is 4.79. The van der Waals surface area contributed by atoms with Crippen molar-refractivity contribution in [3.63, 3.8) is 0 Å². The van der Waals surface area contributed by atoms with Gasteiger partial charge >= 0.3 is 0 Å². The highest BCUT2D eigenvalue weighted by Gasteiger charge is 2.16. The largest absolute Gasteiger partial charge is 0.384 e. The van der Waals surface area contributed by atoms with Crippen molar-refractivity contribution in [2.45, 2.75) is 32.2 Å². The van der Waals surface area contributed by atoms with E-state index in [2.05, 4.69) is 11.8 Å². The summed E-state index contributed by atoms with van der Waals surface area (Å²) in [6.07, 6.45) is 3.92. The summed E-state index contributed by atoms with van der Waals surface area (Å²) >= 11 is 0. The van der Waals surface area contributed by atoms with E-state index >= 15 is 0 Å². The second-order valence-electron chi connectivity index (χ2n) is 4.79. The SMILES string of the molecule is O=C1CCCCCN1Cc1cccc(C#CCO)c1. The van der Waals surface area contributed by atoms with E-state index < -0.39 is 0 Å². The highest BCUT2D eigenvalue weighted by Crippen LogP contribution is 2.15. The van der Waals surface area contributed by atoms with Crippen molar-refractivity contribution in [3.05, 3.63) is 35.4 Å². The van der Waals surface area contributed by atoms with E-state index in [-0.39, 0.29) is 12.5 Å². The number of rotatable bonds is 2. The normalized spacial score (nSPS) is 15.6. The van der Waals surface area contributed by atoms with E-state index in [1.54, 1.807) is 0 Å². The van der Waals surface area contributed by atoms with Crippen molar-refractivity contribution in [2.24, 2.45) is 0 Å². The molecule has 1 saturated heterocycles. The van der Waals surface area contributed by atoms with E-state index in [0.29, 0.717) is 13.0 Å². The molecule has 1 aromatic carbocycles. The Hall–Kier alpha value is -1.79. The third-order valence-corrected chi connectivity index (χ3v) is 3.28. The fraction of sp³-hybridized carbons (Fsp3) is 0.438. The number of amides is 1. The van der Waals surface area contributed by atoms with Crippen LogP contribution in [-0.2, 0) is 11.3 Å². The van der Waals surface area contributed by atoms with Crippen molar-refractivity contribution in [1.82, 2.24) is 4.90 Å². The van der Waals surface area contributed by atoms with Crippen LogP contribution in [0.3, 0.4) is 0 Å². The molecule has 1 N–H and O–H groups in total. The molecule has 1 amide bonds. The summed E-state index contributed by atoms with van der Waals surface area (Å²) < 4.78 is 0. The Bertz CT molecular complexity index is 499. The predicted octanol–water partition coefficient (Wildman–Crippen LogP) is 1.93. The van der Waals surface area contributed by atoms with Crippen LogP contribution in [0.2, 0.25) is 0 Å². The van der Waals surface area contributed by atoms with Gasteiger partial charge in [-0.2, -0.15) is 0 Å². The lowest BCUT2D eigenvalue weighted by Gasteiger charge is -2.20. The zero-order valence-electron chi connectivity index (χ0n) is 11.1. The molecule has 0 bridgehead atoms. The molecule has 19 heavy (non-hydrogen) atoms. The van der Waals surface area contributed by atoms with Crippen LogP contribution in [0, 0.1) is 11.8 Å². The predicted molar refractivity (Wildman–Crippen MR) is 74.3 cm³/mol. The number of carbonyl (C=O) groups is 1. The standard InChI is InChI=1S/C16H19NO2/c18-11-5-8-14-6-4-7-15(12-14)13-17-10-3-1-2-9-16(17)19/h4,6-7,12,18H,1-3,9-11,13H2. The molecule has 3 nitrogen and oxygen atoms in total. The first-order valence-corrected chi connectivity index (χ1v) is 6.76. The molecule has 0 unspecified atom stereocenters. The molecule has 0 aromatic heterocycles. The molecule has 0 atom stereocenters. The highest BCUT2D eigenvalue weighted by atomic mass is 16.2. The Balaban J connectivity index is 2.07. The average molecular weight is 257 g/mol. The van der Waals surface area contributed by atoms with Gasteiger partial charge in [0, 0.05) is 25.1 Å². The summed E-state index contributed by atoms with van der Waals surface area (Å²) in [6, 6.07) is 7.86. The molecule has 1 heterocycles. The fourth-order valence-corrected chi connectivity index (χ4v) is 2.32. The lowest BCUT2D eigenvalue weighted by molar-refractivity contribution is -0.131.